The Hall–Kier alpha value is -2.21. The van der Waals surface area contributed by atoms with E-state index in [9.17, 15) is 21.6 Å². The zero-order chi connectivity index (χ0) is 24.4. The lowest BCUT2D eigenvalue weighted by Gasteiger charge is -2.19. The van der Waals surface area contributed by atoms with E-state index in [1.807, 2.05) is 20.8 Å². The normalized spacial score (nSPS) is 12.4. The topological polar surface area (TPSA) is 123 Å². The summed E-state index contributed by atoms with van der Waals surface area (Å²) in [6, 6.07) is 2.68. The average molecular weight is 487 g/mol. The number of hydrogen-bond donors (Lipinski definition) is 1. The van der Waals surface area contributed by atoms with Crippen molar-refractivity contribution in [1.29, 1.82) is 0 Å². The Morgan fingerprint density at radius 3 is 2.00 bits per heavy atom. The molecule has 0 aliphatic carbocycles. The number of benzene rings is 1. The molecule has 0 fully saturated rings. The average Bonchev–Trinajstić information content (AvgIpc) is 3.19. The molecule has 2 aromatic rings. The SMILES string of the molecule is Cc1c(C)c(C)c(S(=O)(=O)NCCC(=O)OCc2ccc(S(=O)(=O)N(C)C)o2)c(C)c1C. The van der Waals surface area contributed by atoms with Gasteiger partial charge in [0.25, 0.3) is 10.0 Å². The lowest BCUT2D eigenvalue weighted by Crippen LogP contribution is -2.28. The summed E-state index contributed by atoms with van der Waals surface area (Å²) < 4.78 is 63.5. The standard InChI is InChI=1S/C21H30N2O7S2/c1-13-14(2)16(4)21(17(5)15(13)3)31(25,26)22-11-10-19(24)29-12-18-8-9-20(30-18)32(27,28)23(6)7/h8-9,22H,10-12H2,1-7H3. The molecule has 1 N–H and O–H groups in total. The fraction of sp³-hybridized carbons (Fsp3) is 0.476. The zero-order valence-electron chi connectivity index (χ0n) is 19.4. The second kappa shape index (κ2) is 9.74. The summed E-state index contributed by atoms with van der Waals surface area (Å²) in [6.07, 6.45) is -0.190. The van der Waals surface area contributed by atoms with Gasteiger partial charge in [-0.3, -0.25) is 4.79 Å². The van der Waals surface area contributed by atoms with Gasteiger partial charge in [-0.2, -0.15) is 0 Å². The van der Waals surface area contributed by atoms with Gasteiger partial charge < -0.3 is 9.15 Å². The van der Waals surface area contributed by atoms with E-state index < -0.39 is 26.0 Å². The van der Waals surface area contributed by atoms with Crippen molar-refractivity contribution in [2.75, 3.05) is 20.6 Å². The molecule has 0 saturated carbocycles. The van der Waals surface area contributed by atoms with Crippen LogP contribution in [-0.2, 0) is 36.2 Å². The number of hydrogen-bond acceptors (Lipinski definition) is 7. The summed E-state index contributed by atoms with van der Waals surface area (Å²) >= 11 is 0. The minimum absolute atomic E-state index is 0.134. The molecule has 0 radical (unpaired) electrons. The van der Waals surface area contributed by atoms with Crippen LogP contribution in [0.3, 0.4) is 0 Å². The molecule has 0 atom stereocenters. The number of rotatable bonds is 9. The maximum absolute atomic E-state index is 12.9. The molecule has 178 valence electrons. The molecule has 0 aliphatic heterocycles. The van der Waals surface area contributed by atoms with Crippen molar-refractivity contribution >= 4 is 26.0 Å². The highest BCUT2D eigenvalue weighted by Gasteiger charge is 2.24. The van der Waals surface area contributed by atoms with E-state index in [2.05, 4.69) is 4.72 Å². The van der Waals surface area contributed by atoms with E-state index in [1.54, 1.807) is 13.8 Å². The van der Waals surface area contributed by atoms with Gasteiger partial charge in [0.05, 0.1) is 11.3 Å². The first-order valence-corrected chi connectivity index (χ1v) is 12.9. The number of furan rings is 1. The predicted molar refractivity (Wildman–Crippen MR) is 119 cm³/mol. The zero-order valence-corrected chi connectivity index (χ0v) is 21.0. The van der Waals surface area contributed by atoms with Crippen molar-refractivity contribution in [3.05, 3.63) is 45.7 Å². The van der Waals surface area contributed by atoms with Crippen LogP contribution in [0.5, 0.6) is 0 Å². The van der Waals surface area contributed by atoms with E-state index in [0.717, 1.165) is 21.0 Å². The summed E-state index contributed by atoms with van der Waals surface area (Å²) in [5.74, 6) is -0.484. The van der Waals surface area contributed by atoms with Gasteiger partial charge in [-0.15, -0.1) is 0 Å². The highest BCUT2D eigenvalue weighted by molar-refractivity contribution is 7.89. The van der Waals surface area contributed by atoms with Crippen LogP contribution in [0.15, 0.2) is 26.5 Å². The van der Waals surface area contributed by atoms with Gasteiger partial charge in [0, 0.05) is 20.6 Å². The first-order chi connectivity index (χ1) is 14.7. The van der Waals surface area contributed by atoms with Crippen molar-refractivity contribution in [3.63, 3.8) is 0 Å². The number of nitrogens with zero attached hydrogens (tertiary/aromatic N) is 1. The molecule has 32 heavy (non-hydrogen) atoms. The van der Waals surface area contributed by atoms with Crippen molar-refractivity contribution in [2.24, 2.45) is 0 Å². The van der Waals surface area contributed by atoms with Crippen LogP contribution in [-0.4, -0.2) is 47.8 Å². The van der Waals surface area contributed by atoms with E-state index in [4.69, 9.17) is 9.15 Å². The van der Waals surface area contributed by atoms with Gasteiger partial charge in [-0.05, 0) is 74.6 Å². The molecule has 0 aliphatic rings. The van der Waals surface area contributed by atoms with E-state index in [-0.39, 0.29) is 35.3 Å². The van der Waals surface area contributed by atoms with Gasteiger partial charge in [-0.25, -0.2) is 25.9 Å². The summed E-state index contributed by atoms with van der Waals surface area (Å²) in [5, 5.41) is -0.254. The van der Waals surface area contributed by atoms with Crippen LogP contribution >= 0.6 is 0 Å². The maximum atomic E-state index is 12.9. The van der Waals surface area contributed by atoms with Crippen molar-refractivity contribution in [2.45, 2.75) is 57.6 Å². The van der Waals surface area contributed by atoms with Gasteiger partial charge >= 0.3 is 5.97 Å². The predicted octanol–water partition coefficient (Wildman–Crippen LogP) is 2.48. The van der Waals surface area contributed by atoms with E-state index in [0.29, 0.717) is 11.1 Å². The highest BCUT2D eigenvalue weighted by atomic mass is 32.2. The Bertz CT molecular complexity index is 1200. The minimum atomic E-state index is -3.81. The summed E-state index contributed by atoms with van der Waals surface area (Å²) in [6.45, 7) is 8.88. The third-order valence-corrected chi connectivity index (χ3v) is 8.99. The smallest absolute Gasteiger partial charge is 0.307 e. The molecule has 1 aromatic carbocycles. The van der Waals surface area contributed by atoms with Crippen LogP contribution in [0.1, 0.15) is 40.0 Å². The fourth-order valence-corrected chi connectivity index (χ4v) is 5.65. The minimum Gasteiger partial charge on any atom is -0.457 e. The second-order valence-corrected chi connectivity index (χ2v) is 11.6. The summed E-state index contributed by atoms with van der Waals surface area (Å²) in [7, 11) is -4.78. The Kier molecular flexibility index (Phi) is 7.92. The molecular formula is C21H30N2O7S2. The third kappa shape index (κ3) is 5.40. The molecule has 0 spiro atoms. The molecule has 1 aromatic heterocycles. The van der Waals surface area contributed by atoms with E-state index in [1.165, 1.54) is 26.2 Å². The lowest BCUT2D eigenvalue weighted by molar-refractivity contribution is -0.145. The molecule has 0 amide bonds. The number of nitrogens with one attached hydrogen (secondary N) is 1. The van der Waals surface area contributed by atoms with Crippen LogP contribution in [0.2, 0.25) is 0 Å². The second-order valence-electron chi connectivity index (χ2n) is 7.77. The molecule has 0 saturated heterocycles. The number of carbonyl (C=O) groups is 1. The Morgan fingerprint density at radius 2 is 1.47 bits per heavy atom. The maximum Gasteiger partial charge on any atom is 0.307 e. The number of carbonyl (C=O) groups excluding carboxylic acids is 1. The Balaban J connectivity index is 1.97. The monoisotopic (exact) mass is 486 g/mol. The van der Waals surface area contributed by atoms with Gasteiger partial charge in [0.1, 0.15) is 12.4 Å². The molecule has 0 bridgehead atoms. The van der Waals surface area contributed by atoms with Crippen LogP contribution in [0, 0.1) is 34.6 Å². The first kappa shape index (κ1) is 26.0. The number of esters is 1. The molecule has 9 nitrogen and oxygen atoms in total. The highest BCUT2D eigenvalue weighted by Crippen LogP contribution is 2.29. The largest absolute Gasteiger partial charge is 0.457 e. The number of ether oxygens (including phenoxy) is 1. The molecule has 0 unspecified atom stereocenters. The fourth-order valence-electron chi connectivity index (χ4n) is 3.21. The lowest BCUT2D eigenvalue weighted by atomic mass is 9.95. The molecule has 2 rings (SSSR count). The van der Waals surface area contributed by atoms with Crippen molar-refractivity contribution in [3.8, 4) is 0 Å². The first-order valence-electron chi connectivity index (χ1n) is 9.93. The van der Waals surface area contributed by atoms with Crippen LogP contribution in [0.25, 0.3) is 0 Å². The Morgan fingerprint density at radius 1 is 0.938 bits per heavy atom. The Labute approximate surface area is 189 Å². The van der Waals surface area contributed by atoms with Crippen molar-refractivity contribution < 1.29 is 30.8 Å². The van der Waals surface area contributed by atoms with Crippen LogP contribution in [0.4, 0.5) is 0 Å². The van der Waals surface area contributed by atoms with E-state index >= 15 is 0 Å². The number of sulfonamides is 2. The third-order valence-electron chi connectivity index (χ3n) is 5.57. The molecular weight excluding hydrogens is 456 g/mol. The molecule has 11 heteroatoms. The van der Waals surface area contributed by atoms with Crippen LogP contribution < -0.4 is 4.72 Å². The summed E-state index contributed by atoms with van der Waals surface area (Å²) in [5.41, 5.74) is 4.26. The van der Waals surface area contributed by atoms with Gasteiger partial charge in [0.15, 0.2) is 0 Å². The van der Waals surface area contributed by atoms with Gasteiger partial charge in [-0.1, -0.05) is 0 Å². The summed E-state index contributed by atoms with van der Waals surface area (Å²) in [4.78, 5) is 12.2. The van der Waals surface area contributed by atoms with Gasteiger partial charge in [0.2, 0.25) is 15.1 Å². The molecule has 1 heterocycles. The quantitative estimate of drug-likeness (QED) is 0.540. The van der Waals surface area contributed by atoms with Crippen molar-refractivity contribution in [1.82, 2.24) is 9.03 Å².